The third-order valence-electron chi connectivity index (χ3n) is 4.85. The van der Waals surface area contributed by atoms with Gasteiger partial charge in [0, 0.05) is 46.0 Å². The monoisotopic (exact) mass is 395 g/mol. The lowest BCUT2D eigenvalue weighted by molar-refractivity contribution is 0.280. The van der Waals surface area contributed by atoms with Crippen LogP contribution >= 0.6 is 0 Å². The molecule has 1 aromatic carbocycles. The number of nitrogens with zero attached hydrogens (tertiary/aromatic N) is 3. The van der Waals surface area contributed by atoms with Crippen molar-refractivity contribution in [2.24, 2.45) is 4.99 Å². The van der Waals surface area contributed by atoms with Crippen LogP contribution in [0.25, 0.3) is 0 Å². The molecule has 0 amide bonds. The first-order chi connectivity index (χ1) is 12.8. The number of guanidine groups is 1. The van der Waals surface area contributed by atoms with Gasteiger partial charge in [0.1, 0.15) is 0 Å². The Morgan fingerprint density at radius 2 is 1.96 bits per heavy atom. The normalized spacial score (nSPS) is 17.6. The van der Waals surface area contributed by atoms with Gasteiger partial charge < -0.3 is 20.4 Å². The molecule has 1 fully saturated rings. The molecule has 0 atom stereocenters. The van der Waals surface area contributed by atoms with Crippen LogP contribution in [0, 0.1) is 6.92 Å². The van der Waals surface area contributed by atoms with E-state index in [1.54, 1.807) is 13.1 Å². The van der Waals surface area contributed by atoms with E-state index in [2.05, 4.69) is 32.5 Å². The Hall–Kier alpha value is -1.64. The van der Waals surface area contributed by atoms with E-state index in [9.17, 15) is 8.42 Å². The van der Waals surface area contributed by atoms with Crippen molar-refractivity contribution in [2.75, 3.05) is 59.6 Å². The smallest absolute Gasteiger partial charge is 0.191 e. The quantitative estimate of drug-likeness (QED) is 0.546. The SMILES string of the molecule is CN=C(NCCN1CCCN(C)CC1)NCc1ccc(S(C)(=O)=O)c(C)c1. The number of benzene rings is 1. The average Bonchev–Trinajstić information content (AvgIpc) is 2.81. The molecule has 2 rings (SSSR count). The molecule has 0 aliphatic carbocycles. The lowest BCUT2D eigenvalue weighted by atomic mass is 10.1. The molecule has 0 radical (unpaired) electrons. The molecule has 1 aliphatic rings. The Balaban J connectivity index is 1.79. The van der Waals surface area contributed by atoms with E-state index in [1.807, 2.05) is 19.1 Å². The highest BCUT2D eigenvalue weighted by Crippen LogP contribution is 2.16. The number of hydrogen-bond donors (Lipinski definition) is 2. The van der Waals surface area contributed by atoms with Crippen LogP contribution in [0.1, 0.15) is 17.5 Å². The van der Waals surface area contributed by atoms with Gasteiger partial charge in [0.2, 0.25) is 0 Å². The summed E-state index contributed by atoms with van der Waals surface area (Å²) in [5.74, 6) is 0.756. The van der Waals surface area contributed by atoms with Gasteiger partial charge in [-0.25, -0.2) is 8.42 Å². The Bertz CT molecular complexity index is 748. The average molecular weight is 396 g/mol. The number of hydrogen-bond acceptors (Lipinski definition) is 5. The lowest BCUT2D eigenvalue weighted by Gasteiger charge is -2.21. The first-order valence-corrected chi connectivity index (χ1v) is 11.3. The molecular formula is C19H33N5O2S. The first-order valence-electron chi connectivity index (χ1n) is 9.44. The van der Waals surface area contributed by atoms with Crippen LogP contribution in [-0.2, 0) is 16.4 Å². The van der Waals surface area contributed by atoms with Crippen molar-refractivity contribution in [2.45, 2.75) is 24.8 Å². The van der Waals surface area contributed by atoms with Crippen LogP contribution in [0.5, 0.6) is 0 Å². The standard InChI is InChI=1S/C19H33N5O2S/c1-16-14-17(6-7-18(16)27(4,25)26)15-22-19(20-2)21-8-11-24-10-5-9-23(3)12-13-24/h6-7,14H,5,8-13,15H2,1-4H3,(H2,20,21,22). The van der Waals surface area contributed by atoms with Gasteiger partial charge in [-0.05, 0) is 50.7 Å². The largest absolute Gasteiger partial charge is 0.355 e. The number of nitrogens with one attached hydrogen (secondary N) is 2. The lowest BCUT2D eigenvalue weighted by Crippen LogP contribution is -2.42. The van der Waals surface area contributed by atoms with E-state index in [4.69, 9.17) is 0 Å². The first kappa shape index (κ1) is 21.7. The Labute approximate surface area is 163 Å². The predicted molar refractivity (Wildman–Crippen MR) is 111 cm³/mol. The maximum absolute atomic E-state index is 11.7. The van der Waals surface area contributed by atoms with Gasteiger partial charge in [-0.2, -0.15) is 0 Å². The van der Waals surface area contributed by atoms with Gasteiger partial charge in [0.05, 0.1) is 4.90 Å². The third kappa shape index (κ3) is 7.12. The molecule has 152 valence electrons. The second kappa shape index (κ2) is 10.1. The van der Waals surface area contributed by atoms with Gasteiger partial charge in [0.15, 0.2) is 15.8 Å². The van der Waals surface area contributed by atoms with Crippen LogP contribution in [0.2, 0.25) is 0 Å². The van der Waals surface area contributed by atoms with Crippen LogP contribution in [-0.4, -0.2) is 83.8 Å². The summed E-state index contributed by atoms with van der Waals surface area (Å²) in [6.07, 6.45) is 2.45. The minimum atomic E-state index is -3.18. The fourth-order valence-electron chi connectivity index (χ4n) is 3.30. The van der Waals surface area contributed by atoms with Gasteiger partial charge in [-0.1, -0.05) is 12.1 Å². The summed E-state index contributed by atoms with van der Waals surface area (Å²) in [7, 11) is 0.757. The van der Waals surface area contributed by atoms with Crippen molar-refractivity contribution < 1.29 is 8.42 Å². The number of sulfone groups is 1. The zero-order valence-corrected chi connectivity index (χ0v) is 17.8. The maximum Gasteiger partial charge on any atom is 0.191 e. The van der Waals surface area contributed by atoms with Crippen molar-refractivity contribution in [3.8, 4) is 0 Å². The topological polar surface area (TPSA) is 77.0 Å². The highest BCUT2D eigenvalue weighted by molar-refractivity contribution is 7.90. The van der Waals surface area contributed by atoms with Crippen molar-refractivity contribution in [3.05, 3.63) is 29.3 Å². The molecule has 8 heteroatoms. The van der Waals surface area contributed by atoms with Crippen LogP contribution in [0.15, 0.2) is 28.1 Å². The number of likely N-dealkylation sites (N-methyl/N-ethyl adjacent to an activating group) is 1. The van der Waals surface area contributed by atoms with E-state index in [0.717, 1.165) is 49.8 Å². The minimum Gasteiger partial charge on any atom is -0.355 e. The molecule has 0 bridgehead atoms. The van der Waals surface area contributed by atoms with Gasteiger partial charge >= 0.3 is 0 Å². The molecule has 1 saturated heterocycles. The second-order valence-electron chi connectivity index (χ2n) is 7.22. The van der Waals surface area contributed by atoms with E-state index in [1.165, 1.54) is 19.2 Å². The van der Waals surface area contributed by atoms with E-state index in [0.29, 0.717) is 11.4 Å². The molecule has 2 N–H and O–H groups in total. The molecule has 1 aromatic rings. The molecular weight excluding hydrogens is 362 g/mol. The zero-order chi connectivity index (χ0) is 19.9. The fraction of sp³-hybridized carbons (Fsp3) is 0.632. The number of rotatable bonds is 6. The van der Waals surface area contributed by atoms with Crippen LogP contribution in [0.3, 0.4) is 0 Å². The highest BCUT2D eigenvalue weighted by atomic mass is 32.2. The summed E-state index contributed by atoms with van der Waals surface area (Å²) in [4.78, 5) is 9.52. The highest BCUT2D eigenvalue weighted by Gasteiger charge is 2.12. The molecule has 1 aliphatic heterocycles. The van der Waals surface area contributed by atoms with Crippen molar-refractivity contribution in [3.63, 3.8) is 0 Å². The van der Waals surface area contributed by atoms with Crippen LogP contribution < -0.4 is 10.6 Å². The van der Waals surface area contributed by atoms with E-state index >= 15 is 0 Å². The Morgan fingerprint density at radius 3 is 2.63 bits per heavy atom. The number of aryl methyl sites for hydroxylation is 1. The van der Waals surface area contributed by atoms with Gasteiger partial charge in [-0.3, -0.25) is 4.99 Å². The van der Waals surface area contributed by atoms with Gasteiger partial charge in [-0.15, -0.1) is 0 Å². The second-order valence-corrected chi connectivity index (χ2v) is 9.21. The third-order valence-corrected chi connectivity index (χ3v) is 6.11. The summed E-state index contributed by atoms with van der Waals surface area (Å²) in [6.45, 7) is 8.80. The molecule has 0 spiro atoms. The minimum absolute atomic E-state index is 0.386. The fourth-order valence-corrected chi connectivity index (χ4v) is 4.26. The summed E-state index contributed by atoms with van der Waals surface area (Å²) in [5.41, 5.74) is 1.80. The summed E-state index contributed by atoms with van der Waals surface area (Å²) in [5, 5.41) is 6.65. The maximum atomic E-state index is 11.7. The van der Waals surface area contributed by atoms with E-state index < -0.39 is 9.84 Å². The van der Waals surface area contributed by atoms with Crippen molar-refractivity contribution >= 4 is 15.8 Å². The zero-order valence-electron chi connectivity index (χ0n) is 17.0. The van der Waals surface area contributed by atoms with Crippen molar-refractivity contribution in [1.29, 1.82) is 0 Å². The van der Waals surface area contributed by atoms with Crippen molar-refractivity contribution in [1.82, 2.24) is 20.4 Å². The van der Waals surface area contributed by atoms with Crippen LogP contribution in [0.4, 0.5) is 0 Å². The molecule has 27 heavy (non-hydrogen) atoms. The Morgan fingerprint density at radius 1 is 1.19 bits per heavy atom. The number of aliphatic imine (C=N–C) groups is 1. The molecule has 0 unspecified atom stereocenters. The predicted octanol–water partition coefficient (Wildman–Crippen LogP) is 0.701. The van der Waals surface area contributed by atoms with E-state index in [-0.39, 0.29) is 0 Å². The molecule has 0 aromatic heterocycles. The summed E-state index contributed by atoms with van der Waals surface area (Å²) in [6, 6.07) is 5.43. The summed E-state index contributed by atoms with van der Waals surface area (Å²) < 4.78 is 23.4. The molecule has 0 saturated carbocycles. The Kier molecular flexibility index (Phi) is 8.07. The molecule has 7 nitrogen and oxygen atoms in total. The summed E-state index contributed by atoms with van der Waals surface area (Å²) >= 11 is 0. The molecule has 1 heterocycles. The van der Waals surface area contributed by atoms with Gasteiger partial charge in [0.25, 0.3) is 0 Å².